The number of aromatic hydroxyl groups is 1. The van der Waals surface area contributed by atoms with E-state index in [1.165, 1.54) is 13.2 Å². The molecule has 2 N–H and O–H groups in total. The van der Waals surface area contributed by atoms with Gasteiger partial charge in [0.05, 0.1) is 25.7 Å². The molecule has 2 aromatic carbocycles. The molecule has 30 heavy (non-hydrogen) atoms. The number of carbonyl (C=O) groups excluding carboxylic acids is 1. The zero-order valence-corrected chi connectivity index (χ0v) is 17.1. The van der Waals surface area contributed by atoms with E-state index in [1.807, 2.05) is 42.5 Å². The lowest BCUT2D eigenvalue weighted by Gasteiger charge is -2.21. The highest BCUT2D eigenvalue weighted by atomic mass is 16.5. The number of aromatic amines is 1. The minimum absolute atomic E-state index is 0.102. The van der Waals surface area contributed by atoms with Crippen LogP contribution in [-0.4, -0.2) is 29.8 Å². The van der Waals surface area contributed by atoms with Gasteiger partial charge in [0, 0.05) is 23.6 Å². The van der Waals surface area contributed by atoms with Crippen molar-refractivity contribution in [1.82, 2.24) is 4.98 Å². The van der Waals surface area contributed by atoms with E-state index in [2.05, 4.69) is 4.98 Å². The molecular weight excluding hydrogens is 382 g/mol. The van der Waals surface area contributed by atoms with E-state index in [0.717, 1.165) is 5.56 Å². The molecule has 0 fully saturated rings. The zero-order valence-electron chi connectivity index (χ0n) is 17.1. The Bertz CT molecular complexity index is 1060. The molecule has 0 radical (unpaired) electrons. The highest BCUT2D eigenvalue weighted by molar-refractivity contribution is 5.72. The summed E-state index contributed by atoms with van der Waals surface area (Å²) >= 11 is 0. The SMILES string of the molecule is COC(=O)CC(c1ccccc1OCCc1ccccc1)c1c(O)cc(C)[nH]c1=O. The van der Waals surface area contributed by atoms with Gasteiger partial charge in [-0.1, -0.05) is 48.5 Å². The zero-order chi connectivity index (χ0) is 21.5. The number of nitrogens with one attached hydrogen (secondary N) is 1. The van der Waals surface area contributed by atoms with Crippen molar-refractivity contribution in [2.75, 3.05) is 13.7 Å². The molecule has 0 spiro atoms. The van der Waals surface area contributed by atoms with Crippen LogP contribution in [0.3, 0.4) is 0 Å². The van der Waals surface area contributed by atoms with Crippen molar-refractivity contribution in [3.63, 3.8) is 0 Å². The molecule has 0 aliphatic rings. The maximum atomic E-state index is 12.6. The summed E-state index contributed by atoms with van der Waals surface area (Å²) < 4.78 is 10.8. The fourth-order valence-electron chi connectivity index (χ4n) is 3.46. The first-order valence-corrected chi connectivity index (χ1v) is 9.75. The molecule has 0 bridgehead atoms. The van der Waals surface area contributed by atoms with Crippen LogP contribution in [0, 0.1) is 6.92 Å². The first-order chi connectivity index (χ1) is 14.5. The van der Waals surface area contributed by atoms with Gasteiger partial charge in [-0.2, -0.15) is 0 Å². The number of hydrogen-bond donors (Lipinski definition) is 2. The van der Waals surface area contributed by atoms with E-state index in [1.54, 1.807) is 19.1 Å². The number of para-hydroxylation sites is 1. The number of methoxy groups -OCH3 is 1. The van der Waals surface area contributed by atoms with Gasteiger partial charge in [0.15, 0.2) is 0 Å². The second kappa shape index (κ2) is 9.78. The second-order valence-electron chi connectivity index (χ2n) is 7.04. The fourth-order valence-corrected chi connectivity index (χ4v) is 3.46. The Kier molecular flexibility index (Phi) is 6.91. The molecule has 6 heteroatoms. The smallest absolute Gasteiger partial charge is 0.306 e. The molecule has 0 aliphatic heterocycles. The van der Waals surface area contributed by atoms with E-state index in [0.29, 0.717) is 30.0 Å². The van der Waals surface area contributed by atoms with Gasteiger partial charge in [-0.05, 0) is 24.6 Å². The number of ether oxygens (including phenoxy) is 2. The lowest BCUT2D eigenvalue weighted by atomic mass is 9.88. The standard InChI is InChI=1S/C24H25NO5/c1-16-14-20(26)23(24(28)25-16)19(15-22(27)29-2)18-10-6-7-11-21(18)30-13-12-17-8-4-3-5-9-17/h3-11,14,19H,12-13,15H2,1-2H3,(H2,25,26,28). The Hall–Kier alpha value is -3.54. The van der Waals surface area contributed by atoms with Gasteiger partial charge in [-0.15, -0.1) is 0 Å². The number of pyridine rings is 1. The van der Waals surface area contributed by atoms with Gasteiger partial charge in [0.1, 0.15) is 11.5 Å². The average Bonchev–Trinajstić information content (AvgIpc) is 2.73. The summed E-state index contributed by atoms with van der Waals surface area (Å²) in [6, 6.07) is 18.7. The van der Waals surface area contributed by atoms with Gasteiger partial charge in [0.2, 0.25) is 0 Å². The van der Waals surface area contributed by atoms with Gasteiger partial charge in [0.25, 0.3) is 5.56 Å². The number of rotatable bonds is 8. The largest absolute Gasteiger partial charge is 0.507 e. The number of H-pyrrole nitrogens is 1. The highest BCUT2D eigenvalue weighted by Crippen LogP contribution is 2.37. The number of carbonyl (C=O) groups is 1. The van der Waals surface area contributed by atoms with Crippen molar-refractivity contribution in [1.29, 1.82) is 0 Å². The quantitative estimate of drug-likeness (QED) is 0.556. The molecule has 0 saturated heterocycles. The van der Waals surface area contributed by atoms with Gasteiger partial charge in [-0.3, -0.25) is 9.59 Å². The van der Waals surface area contributed by atoms with Crippen molar-refractivity contribution < 1.29 is 19.4 Å². The summed E-state index contributed by atoms with van der Waals surface area (Å²) in [6.07, 6.45) is 0.614. The maximum Gasteiger partial charge on any atom is 0.306 e. The molecule has 0 saturated carbocycles. The van der Waals surface area contributed by atoms with Crippen LogP contribution in [0.2, 0.25) is 0 Å². The van der Waals surface area contributed by atoms with E-state index < -0.39 is 17.4 Å². The number of hydrogen-bond acceptors (Lipinski definition) is 5. The van der Waals surface area contributed by atoms with Crippen LogP contribution in [-0.2, 0) is 16.0 Å². The minimum Gasteiger partial charge on any atom is -0.507 e. The van der Waals surface area contributed by atoms with Crippen molar-refractivity contribution in [2.45, 2.75) is 25.7 Å². The third kappa shape index (κ3) is 5.08. The minimum atomic E-state index is -0.713. The summed E-state index contributed by atoms with van der Waals surface area (Å²) in [7, 11) is 1.29. The summed E-state index contributed by atoms with van der Waals surface area (Å²) in [5.74, 6) is -0.806. The van der Waals surface area contributed by atoms with Crippen molar-refractivity contribution in [3.8, 4) is 11.5 Å². The van der Waals surface area contributed by atoms with Crippen molar-refractivity contribution >= 4 is 5.97 Å². The van der Waals surface area contributed by atoms with Crippen LogP contribution in [0.5, 0.6) is 11.5 Å². The number of esters is 1. The van der Waals surface area contributed by atoms with Crippen molar-refractivity contribution in [2.24, 2.45) is 0 Å². The first-order valence-electron chi connectivity index (χ1n) is 9.75. The van der Waals surface area contributed by atoms with Crippen LogP contribution in [0.15, 0.2) is 65.5 Å². The van der Waals surface area contributed by atoms with Gasteiger partial charge >= 0.3 is 5.97 Å². The Balaban J connectivity index is 1.94. The van der Waals surface area contributed by atoms with Crippen LogP contribution < -0.4 is 10.3 Å². The van der Waals surface area contributed by atoms with Gasteiger partial charge in [-0.25, -0.2) is 0 Å². The normalized spacial score (nSPS) is 11.7. The topological polar surface area (TPSA) is 88.6 Å². The Morgan fingerprint density at radius 3 is 2.50 bits per heavy atom. The Labute approximate surface area is 175 Å². The first kappa shape index (κ1) is 21.2. The summed E-state index contributed by atoms with van der Waals surface area (Å²) in [4.78, 5) is 27.5. The third-order valence-electron chi connectivity index (χ3n) is 4.92. The fraction of sp³-hybridized carbons (Fsp3) is 0.250. The van der Waals surface area contributed by atoms with Gasteiger partial charge < -0.3 is 19.6 Å². The summed E-state index contributed by atoms with van der Waals surface area (Å²) in [5.41, 5.74) is 1.99. The van der Waals surface area contributed by atoms with E-state index >= 15 is 0 Å². The number of aromatic nitrogens is 1. The Morgan fingerprint density at radius 1 is 1.10 bits per heavy atom. The van der Waals surface area contributed by atoms with Crippen LogP contribution in [0.4, 0.5) is 0 Å². The Morgan fingerprint density at radius 2 is 1.80 bits per heavy atom. The molecule has 1 heterocycles. The molecule has 1 aromatic heterocycles. The summed E-state index contributed by atoms with van der Waals surface area (Å²) in [5, 5.41) is 10.5. The second-order valence-corrected chi connectivity index (χ2v) is 7.04. The van der Waals surface area contributed by atoms with E-state index in [-0.39, 0.29) is 17.7 Å². The monoisotopic (exact) mass is 407 g/mol. The molecule has 156 valence electrons. The molecule has 3 rings (SSSR count). The highest BCUT2D eigenvalue weighted by Gasteiger charge is 2.27. The van der Waals surface area contributed by atoms with E-state index in [4.69, 9.17) is 9.47 Å². The molecule has 1 unspecified atom stereocenters. The van der Waals surface area contributed by atoms with Crippen LogP contribution in [0.25, 0.3) is 0 Å². The molecule has 0 aliphatic carbocycles. The lowest BCUT2D eigenvalue weighted by Crippen LogP contribution is -2.21. The number of benzene rings is 2. The average molecular weight is 407 g/mol. The van der Waals surface area contributed by atoms with E-state index in [9.17, 15) is 14.7 Å². The molecular formula is C24H25NO5. The predicted molar refractivity (Wildman–Crippen MR) is 114 cm³/mol. The van der Waals surface area contributed by atoms with Crippen LogP contribution in [0.1, 0.15) is 34.7 Å². The summed E-state index contributed by atoms with van der Waals surface area (Å²) in [6.45, 7) is 2.11. The van der Waals surface area contributed by atoms with Crippen molar-refractivity contribution in [3.05, 3.63) is 93.4 Å². The molecule has 3 aromatic rings. The van der Waals surface area contributed by atoms with Crippen LogP contribution >= 0.6 is 0 Å². The molecule has 0 amide bonds. The maximum absolute atomic E-state index is 12.6. The number of aryl methyl sites for hydroxylation is 1. The molecule has 6 nitrogen and oxygen atoms in total. The lowest BCUT2D eigenvalue weighted by molar-refractivity contribution is -0.140. The molecule has 1 atom stereocenters. The third-order valence-corrected chi connectivity index (χ3v) is 4.92. The predicted octanol–water partition coefficient (Wildman–Crippen LogP) is 3.71.